The van der Waals surface area contributed by atoms with E-state index in [0.29, 0.717) is 5.69 Å². The Bertz CT molecular complexity index is 410. The Labute approximate surface area is 87.8 Å². The van der Waals surface area contributed by atoms with Crippen LogP contribution in [0.5, 0.6) is 0 Å². The van der Waals surface area contributed by atoms with Gasteiger partial charge in [-0.05, 0) is 37.6 Å². The molecule has 1 heterocycles. The molecule has 0 spiro atoms. The molecular formula is C12H13F2N. The molecule has 1 aliphatic carbocycles. The predicted molar refractivity (Wildman–Crippen MR) is 56.0 cm³/mol. The highest BCUT2D eigenvalue weighted by atomic mass is 19.3. The second-order valence-electron chi connectivity index (χ2n) is 4.01. The van der Waals surface area contributed by atoms with E-state index < -0.39 is 11.8 Å². The third kappa shape index (κ3) is 2.06. The summed E-state index contributed by atoms with van der Waals surface area (Å²) in [5, 5.41) is 0. The molecule has 0 radical (unpaired) electrons. The Balaban J connectivity index is 2.33. The molecule has 0 bridgehead atoms. The second-order valence-corrected chi connectivity index (χ2v) is 4.01. The quantitative estimate of drug-likeness (QED) is 0.725. The van der Waals surface area contributed by atoms with Crippen LogP contribution < -0.4 is 0 Å². The van der Waals surface area contributed by atoms with Gasteiger partial charge in [-0.2, -0.15) is 0 Å². The number of nitrogens with zero attached hydrogens (tertiary/aromatic N) is 1. The molecule has 0 amide bonds. The standard InChI is InChI=1S/C12H13F2N/c1-3-4-9-5-8(2)6-11(15-9)10-7-12(10,13)14/h3-6,10H,7H2,1-2H3/b4-3+. The summed E-state index contributed by atoms with van der Waals surface area (Å²) < 4.78 is 25.7. The smallest absolute Gasteiger partial charge is 0.253 e. The van der Waals surface area contributed by atoms with Gasteiger partial charge in [0.15, 0.2) is 0 Å². The molecule has 1 nitrogen and oxygen atoms in total. The Morgan fingerprint density at radius 2 is 2.13 bits per heavy atom. The van der Waals surface area contributed by atoms with Crippen LogP contribution in [0.3, 0.4) is 0 Å². The van der Waals surface area contributed by atoms with Gasteiger partial charge in [-0.1, -0.05) is 6.08 Å². The van der Waals surface area contributed by atoms with Gasteiger partial charge in [-0.15, -0.1) is 0 Å². The average Bonchev–Trinajstić information content (AvgIpc) is 2.75. The third-order valence-electron chi connectivity index (χ3n) is 2.53. The van der Waals surface area contributed by atoms with E-state index in [9.17, 15) is 8.78 Å². The predicted octanol–water partition coefficient (Wildman–Crippen LogP) is 3.55. The number of rotatable bonds is 2. The molecule has 0 aliphatic heterocycles. The first kappa shape index (κ1) is 10.3. The summed E-state index contributed by atoms with van der Waals surface area (Å²) in [5.41, 5.74) is 2.26. The number of hydrogen-bond acceptors (Lipinski definition) is 1. The van der Waals surface area contributed by atoms with Crippen molar-refractivity contribution in [2.45, 2.75) is 32.1 Å². The van der Waals surface area contributed by atoms with Crippen LogP contribution in [0.1, 0.15) is 36.2 Å². The summed E-state index contributed by atoms with van der Waals surface area (Å²) in [6.45, 7) is 3.79. The lowest BCUT2D eigenvalue weighted by Crippen LogP contribution is -1.97. The van der Waals surface area contributed by atoms with Crippen molar-refractivity contribution in [3.05, 3.63) is 35.2 Å². The molecule has 1 atom stereocenters. The lowest BCUT2D eigenvalue weighted by atomic mass is 10.1. The maximum atomic E-state index is 12.9. The minimum Gasteiger partial charge on any atom is -0.253 e. The van der Waals surface area contributed by atoms with Gasteiger partial charge in [0.05, 0.1) is 17.3 Å². The van der Waals surface area contributed by atoms with E-state index in [2.05, 4.69) is 4.98 Å². The van der Waals surface area contributed by atoms with Crippen molar-refractivity contribution in [3.8, 4) is 0 Å². The minimum atomic E-state index is -2.53. The summed E-state index contributed by atoms with van der Waals surface area (Å²) in [4.78, 5) is 4.21. The maximum Gasteiger partial charge on any atom is 0.257 e. The fourth-order valence-electron chi connectivity index (χ4n) is 1.69. The molecule has 80 valence electrons. The van der Waals surface area contributed by atoms with Crippen LogP contribution in [0.4, 0.5) is 8.78 Å². The Morgan fingerprint density at radius 1 is 1.47 bits per heavy atom. The Morgan fingerprint density at radius 3 is 2.67 bits per heavy atom. The zero-order valence-corrected chi connectivity index (χ0v) is 8.80. The highest BCUT2D eigenvalue weighted by molar-refractivity contribution is 5.46. The zero-order valence-electron chi connectivity index (χ0n) is 8.80. The van der Waals surface area contributed by atoms with Crippen molar-refractivity contribution >= 4 is 6.08 Å². The molecule has 1 saturated carbocycles. The molecule has 1 aromatic heterocycles. The van der Waals surface area contributed by atoms with Crippen molar-refractivity contribution < 1.29 is 8.78 Å². The van der Waals surface area contributed by atoms with Gasteiger partial charge in [0.2, 0.25) is 0 Å². The normalized spacial score (nSPS) is 23.3. The number of aryl methyl sites for hydroxylation is 1. The fraction of sp³-hybridized carbons (Fsp3) is 0.417. The van der Waals surface area contributed by atoms with Gasteiger partial charge >= 0.3 is 0 Å². The van der Waals surface area contributed by atoms with E-state index >= 15 is 0 Å². The minimum absolute atomic E-state index is 0.0568. The number of alkyl halides is 2. The van der Waals surface area contributed by atoms with Crippen LogP contribution in [0.2, 0.25) is 0 Å². The lowest BCUT2D eigenvalue weighted by molar-refractivity contribution is 0.111. The number of halogens is 2. The van der Waals surface area contributed by atoms with Crippen LogP contribution in [-0.4, -0.2) is 10.9 Å². The molecule has 1 aromatic rings. The Hall–Kier alpha value is -1.25. The monoisotopic (exact) mass is 209 g/mol. The van der Waals surface area contributed by atoms with Crippen LogP contribution in [0.25, 0.3) is 6.08 Å². The fourth-order valence-corrected chi connectivity index (χ4v) is 1.69. The highest BCUT2D eigenvalue weighted by Gasteiger charge is 2.58. The van der Waals surface area contributed by atoms with E-state index in [-0.39, 0.29) is 6.42 Å². The summed E-state index contributed by atoms with van der Waals surface area (Å²) in [7, 11) is 0. The number of allylic oxidation sites excluding steroid dienone is 1. The molecular weight excluding hydrogens is 196 g/mol. The Kier molecular flexibility index (Phi) is 2.33. The molecule has 1 fully saturated rings. The van der Waals surface area contributed by atoms with Crippen LogP contribution in [-0.2, 0) is 0 Å². The highest BCUT2D eigenvalue weighted by Crippen LogP contribution is 2.55. The van der Waals surface area contributed by atoms with Crippen molar-refractivity contribution in [1.82, 2.24) is 4.98 Å². The lowest BCUT2D eigenvalue weighted by Gasteiger charge is -2.03. The van der Waals surface area contributed by atoms with Crippen LogP contribution >= 0.6 is 0 Å². The van der Waals surface area contributed by atoms with Gasteiger partial charge in [0, 0.05) is 6.42 Å². The van der Waals surface area contributed by atoms with Gasteiger partial charge in [0.1, 0.15) is 0 Å². The molecule has 15 heavy (non-hydrogen) atoms. The SMILES string of the molecule is C/C=C/c1cc(C)cc(C2CC2(F)F)n1. The van der Waals surface area contributed by atoms with Gasteiger partial charge in [-0.3, -0.25) is 4.98 Å². The number of hydrogen-bond donors (Lipinski definition) is 0. The molecule has 0 aromatic carbocycles. The number of aromatic nitrogens is 1. The molecule has 3 heteroatoms. The van der Waals surface area contributed by atoms with Crippen LogP contribution in [0.15, 0.2) is 18.2 Å². The van der Waals surface area contributed by atoms with Crippen LogP contribution in [0, 0.1) is 6.92 Å². The maximum absolute atomic E-state index is 12.9. The first-order valence-electron chi connectivity index (χ1n) is 5.02. The molecule has 1 unspecified atom stereocenters. The van der Waals surface area contributed by atoms with E-state index in [1.807, 2.05) is 32.1 Å². The summed E-state index contributed by atoms with van der Waals surface area (Å²) in [6.07, 6.45) is 3.63. The molecule has 0 saturated heterocycles. The third-order valence-corrected chi connectivity index (χ3v) is 2.53. The van der Waals surface area contributed by atoms with Gasteiger partial charge < -0.3 is 0 Å². The number of pyridine rings is 1. The second kappa shape index (κ2) is 3.40. The van der Waals surface area contributed by atoms with E-state index in [1.54, 1.807) is 6.07 Å². The summed E-state index contributed by atoms with van der Waals surface area (Å²) in [6, 6.07) is 3.64. The van der Waals surface area contributed by atoms with E-state index in [0.717, 1.165) is 11.3 Å². The zero-order chi connectivity index (χ0) is 11.1. The van der Waals surface area contributed by atoms with E-state index in [1.165, 1.54) is 0 Å². The largest absolute Gasteiger partial charge is 0.257 e. The van der Waals surface area contributed by atoms with Crippen molar-refractivity contribution in [2.24, 2.45) is 0 Å². The topological polar surface area (TPSA) is 12.9 Å². The van der Waals surface area contributed by atoms with Gasteiger partial charge in [0.25, 0.3) is 5.92 Å². The van der Waals surface area contributed by atoms with Gasteiger partial charge in [-0.25, -0.2) is 8.78 Å². The van der Waals surface area contributed by atoms with Crippen molar-refractivity contribution in [1.29, 1.82) is 0 Å². The summed E-state index contributed by atoms with van der Waals surface area (Å²) in [5.74, 6) is -3.20. The first-order chi connectivity index (χ1) is 7.03. The average molecular weight is 209 g/mol. The van der Waals surface area contributed by atoms with Crippen molar-refractivity contribution in [3.63, 3.8) is 0 Å². The molecule has 0 N–H and O–H groups in total. The summed E-state index contributed by atoms with van der Waals surface area (Å²) >= 11 is 0. The molecule has 1 aliphatic rings. The van der Waals surface area contributed by atoms with E-state index in [4.69, 9.17) is 0 Å². The first-order valence-corrected chi connectivity index (χ1v) is 5.02. The molecule has 2 rings (SSSR count). The van der Waals surface area contributed by atoms with Crippen molar-refractivity contribution in [2.75, 3.05) is 0 Å².